The molecule has 1 N–H and O–H groups in total. The minimum absolute atomic E-state index is 0.0537. The van der Waals surface area contributed by atoms with Crippen LogP contribution in [0.15, 0.2) is 29.4 Å². The minimum Gasteiger partial charge on any atom is -0.392 e. The molecule has 1 heterocycles. The maximum Gasteiger partial charge on any atom is 0.195 e. The largest absolute Gasteiger partial charge is 0.392 e. The number of thioether (sulfide) groups is 1. The van der Waals surface area contributed by atoms with Gasteiger partial charge in [0.15, 0.2) is 11.0 Å². The lowest BCUT2D eigenvalue weighted by Crippen LogP contribution is -2.20. The molecule has 23 heavy (non-hydrogen) atoms. The van der Waals surface area contributed by atoms with E-state index in [1.54, 1.807) is 12.1 Å². The molecule has 0 saturated carbocycles. The first-order valence-electron chi connectivity index (χ1n) is 7.62. The molecule has 0 unspecified atom stereocenters. The van der Waals surface area contributed by atoms with Crippen LogP contribution in [0.25, 0.3) is 5.69 Å². The van der Waals surface area contributed by atoms with E-state index in [1.165, 1.54) is 23.9 Å². The predicted octanol–water partition coefficient (Wildman–Crippen LogP) is 2.89. The van der Waals surface area contributed by atoms with Gasteiger partial charge in [-0.3, -0.25) is 9.47 Å². The highest BCUT2D eigenvalue weighted by molar-refractivity contribution is 7.99. The second kappa shape index (κ2) is 7.90. The Hall–Kier alpha value is -1.44. The van der Waals surface area contributed by atoms with Gasteiger partial charge in [0.2, 0.25) is 0 Å². The maximum atomic E-state index is 13.2. The van der Waals surface area contributed by atoms with E-state index in [2.05, 4.69) is 10.2 Å². The van der Waals surface area contributed by atoms with Crippen molar-refractivity contribution in [2.24, 2.45) is 0 Å². The molecule has 2 aromatic rings. The second-order valence-electron chi connectivity index (χ2n) is 5.67. The Morgan fingerprint density at radius 2 is 1.91 bits per heavy atom. The van der Waals surface area contributed by atoms with Gasteiger partial charge < -0.3 is 5.11 Å². The molecule has 0 aliphatic heterocycles. The first-order valence-corrected chi connectivity index (χ1v) is 8.61. The molecule has 5 nitrogen and oxygen atoms in total. The molecule has 2 atom stereocenters. The zero-order valence-electron chi connectivity index (χ0n) is 13.9. The van der Waals surface area contributed by atoms with Gasteiger partial charge in [0, 0.05) is 11.4 Å². The number of rotatable bonds is 7. The van der Waals surface area contributed by atoms with Gasteiger partial charge in [-0.1, -0.05) is 18.7 Å². The standard InChI is InChI=1S/C16H23FN4OS/c1-5-14(22)10-23-16-19-18-15(11(2)20(3)4)21(16)13-8-6-12(17)7-9-13/h6-9,11,14,22H,5,10H2,1-4H3/t11-,14+/m1/s1. The van der Waals surface area contributed by atoms with E-state index < -0.39 is 0 Å². The summed E-state index contributed by atoms with van der Waals surface area (Å²) >= 11 is 1.46. The van der Waals surface area contributed by atoms with E-state index in [4.69, 9.17) is 0 Å². The molecular formula is C16H23FN4OS. The van der Waals surface area contributed by atoms with Crippen molar-refractivity contribution < 1.29 is 9.50 Å². The van der Waals surface area contributed by atoms with Crippen LogP contribution in [0.3, 0.4) is 0 Å². The smallest absolute Gasteiger partial charge is 0.195 e. The topological polar surface area (TPSA) is 54.2 Å². The fourth-order valence-corrected chi connectivity index (χ4v) is 3.00. The third-order valence-electron chi connectivity index (χ3n) is 3.77. The summed E-state index contributed by atoms with van der Waals surface area (Å²) in [5, 5.41) is 19.1. The van der Waals surface area contributed by atoms with Gasteiger partial charge in [0.1, 0.15) is 5.82 Å². The van der Waals surface area contributed by atoms with E-state index >= 15 is 0 Å². The van der Waals surface area contributed by atoms with Gasteiger partial charge >= 0.3 is 0 Å². The summed E-state index contributed by atoms with van der Waals surface area (Å²) in [7, 11) is 3.95. The number of aliphatic hydroxyl groups is 1. The van der Waals surface area contributed by atoms with Crippen molar-refractivity contribution in [3.05, 3.63) is 35.9 Å². The quantitative estimate of drug-likeness (QED) is 0.787. The number of halogens is 1. The van der Waals surface area contributed by atoms with E-state index in [9.17, 15) is 9.50 Å². The summed E-state index contributed by atoms with van der Waals surface area (Å²) in [5.41, 5.74) is 0.814. The molecule has 126 valence electrons. The Morgan fingerprint density at radius 1 is 1.26 bits per heavy atom. The van der Waals surface area contributed by atoms with Crippen LogP contribution >= 0.6 is 11.8 Å². The number of hydrogen-bond donors (Lipinski definition) is 1. The van der Waals surface area contributed by atoms with E-state index in [0.29, 0.717) is 17.3 Å². The van der Waals surface area contributed by atoms with E-state index in [0.717, 1.165) is 11.5 Å². The second-order valence-corrected chi connectivity index (χ2v) is 6.65. The van der Waals surface area contributed by atoms with Crippen LogP contribution in [0.1, 0.15) is 32.1 Å². The molecule has 0 fully saturated rings. The van der Waals surface area contributed by atoms with Crippen molar-refractivity contribution in [2.75, 3.05) is 19.8 Å². The number of nitrogens with zero attached hydrogens (tertiary/aromatic N) is 4. The Kier molecular flexibility index (Phi) is 6.15. The fourth-order valence-electron chi connectivity index (χ4n) is 2.00. The van der Waals surface area contributed by atoms with Crippen LogP contribution in [0.2, 0.25) is 0 Å². The summed E-state index contributed by atoms with van der Waals surface area (Å²) in [6, 6.07) is 6.33. The summed E-state index contributed by atoms with van der Waals surface area (Å²) in [4.78, 5) is 2.04. The van der Waals surface area contributed by atoms with E-state index in [1.807, 2.05) is 37.4 Å². The highest BCUT2D eigenvalue weighted by Crippen LogP contribution is 2.27. The van der Waals surface area contributed by atoms with Crippen molar-refractivity contribution >= 4 is 11.8 Å². The molecule has 0 aliphatic rings. The Labute approximate surface area is 140 Å². The monoisotopic (exact) mass is 338 g/mol. The molecule has 1 aromatic carbocycles. The number of hydrogen-bond acceptors (Lipinski definition) is 5. The van der Waals surface area contributed by atoms with Crippen molar-refractivity contribution in [3.63, 3.8) is 0 Å². The van der Waals surface area contributed by atoms with Crippen LogP contribution in [0.4, 0.5) is 4.39 Å². The van der Waals surface area contributed by atoms with Crippen LogP contribution in [0, 0.1) is 5.82 Å². The number of aliphatic hydroxyl groups excluding tert-OH is 1. The SMILES string of the molecule is CC[C@H](O)CSc1nnc([C@@H](C)N(C)C)n1-c1ccc(F)cc1. The Balaban J connectivity index is 2.40. The third kappa shape index (κ3) is 4.31. The van der Waals surface area contributed by atoms with Gasteiger partial charge in [-0.05, 0) is 51.7 Å². The van der Waals surface area contributed by atoms with Gasteiger partial charge in [-0.25, -0.2) is 4.39 Å². The molecule has 0 spiro atoms. The molecule has 0 radical (unpaired) electrons. The van der Waals surface area contributed by atoms with Gasteiger partial charge in [0.25, 0.3) is 0 Å². The molecule has 1 aromatic heterocycles. The fraction of sp³-hybridized carbons (Fsp3) is 0.500. The molecule has 0 bridgehead atoms. The normalized spacial score (nSPS) is 14.2. The number of aromatic nitrogens is 3. The Morgan fingerprint density at radius 3 is 2.48 bits per heavy atom. The van der Waals surface area contributed by atoms with Gasteiger partial charge in [0.05, 0.1) is 12.1 Å². The third-order valence-corrected chi connectivity index (χ3v) is 4.84. The van der Waals surface area contributed by atoms with Crippen LogP contribution in [0.5, 0.6) is 0 Å². The van der Waals surface area contributed by atoms with Crippen molar-refractivity contribution in [1.29, 1.82) is 0 Å². The zero-order chi connectivity index (χ0) is 17.0. The van der Waals surface area contributed by atoms with Crippen molar-refractivity contribution in [3.8, 4) is 5.69 Å². The number of benzene rings is 1. The van der Waals surface area contributed by atoms with Crippen molar-refractivity contribution in [2.45, 2.75) is 37.6 Å². The highest BCUT2D eigenvalue weighted by Gasteiger charge is 2.21. The highest BCUT2D eigenvalue weighted by atomic mass is 32.2. The minimum atomic E-state index is -0.381. The first-order chi connectivity index (χ1) is 10.9. The first kappa shape index (κ1) is 17.9. The van der Waals surface area contributed by atoms with Crippen LogP contribution < -0.4 is 0 Å². The molecule has 0 saturated heterocycles. The lowest BCUT2D eigenvalue weighted by Gasteiger charge is -2.20. The molecular weight excluding hydrogens is 315 g/mol. The summed E-state index contributed by atoms with van der Waals surface area (Å²) in [5.74, 6) is 1.06. The molecule has 7 heteroatoms. The van der Waals surface area contributed by atoms with E-state index in [-0.39, 0.29) is 18.0 Å². The average Bonchev–Trinajstić information content (AvgIpc) is 2.96. The zero-order valence-corrected chi connectivity index (χ0v) is 14.7. The lowest BCUT2D eigenvalue weighted by molar-refractivity contribution is 0.195. The average molecular weight is 338 g/mol. The van der Waals surface area contributed by atoms with Crippen LogP contribution in [-0.4, -0.2) is 50.7 Å². The summed E-state index contributed by atoms with van der Waals surface area (Å²) in [6.07, 6.45) is 0.312. The molecule has 0 amide bonds. The van der Waals surface area contributed by atoms with Crippen LogP contribution in [-0.2, 0) is 0 Å². The van der Waals surface area contributed by atoms with Gasteiger partial charge in [-0.2, -0.15) is 0 Å². The summed E-state index contributed by atoms with van der Waals surface area (Å²) in [6.45, 7) is 3.98. The summed E-state index contributed by atoms with van der Waals surface area (Å²) < 4.78 is 15.2. The molecule has 0 aliphatic carbocycles. The van der Waals surface area contributed by atoms with Crippen molar-refractivity contribution in [1.82, 2.24) is 19.7 Å². The lowest BCUT2D eigenvalue weighted by atomic mass is 10.2. The maximum absolute atomic E-state index is 13.2. The molecule has 2 rings (SSSR count). The predicted molar refractivity (Wildman–Crippen MR) is 90.4 cm³/mol. The Bertz CT molecular complexity index is 630. The van der Waals surface area contributed by atoms with Gasteiger partial charge in [-0.15, -0.1) is 10.2 Å².